The molecule has 0 aliphatic heterocycles. The van der Waals surface area contributed by atoms with Gasteiger partial charge in [0.15, 0.2) is 0 Å². The molecular weight excluding hydrogens is 312 g/mol. The lowest BCUT2D eigenvalue weighted by molar-refractivity contribution is -0.117. The molecule has 1 unspecified atom stereocenters. The second-order valence-corrected chi connectivity index (χ2v) is 6.20. The van der Waals surface area contributed by atoms with Gasteiger partial charge in [0.1, 0.15) is 0 Å². The highest BCUT2D eigenvalue weighted by Gasteiger charge is 2.15. The molecule has 0 spiro atoms. The van der Waals surface area contributed by atoms with Crippen LogP contribution in [0.2, 0.25) is 0 Å². The molecule has 1 N–H and O–H groups in total. The smallest absolute Gasteiger partial charge is 0.337 e. The van der Waals surface area contributed by atoms with E-state index >= 15 is 0 Å². The van der Waals surface area contributed by atoms with Gasteiger partial charge in [0.2, 0.25) is 5.91 Å². The minimum absolute atomic E-state index is 0.0956. The predicted molar refractivity (Wildman–Crippen MR) is 91.8 cm³/mol. The van der Waals surface area contributed by atoms with Crippen molar-refractivity contribution in [2.75, 3.05) is 26.0 Å². The van der Waals surface area contributed by atoms with Crippen LogP contribution in [0.1, 0.15) is 28.2 Å². The maximum absolute atomic E-state index is 12.1. The van der Waals surface area contributed by atoms with Gasteiger partial charge in [0, 0.05) is 16.6 Å². The number of amides is 1. The van der Waals surface area contributed by atoms with Crippen LogP contribution in [-0.4, -0.2) is 37.5 Å². The largest absolute Gasteiger partial charge is 0.465 e. The number of ether oxygens (including phenoxy) is 1. The number of esters is 1. The number of carbonyl (C=O) groups excluding carboxylic acids is 2. The molecule has 0 radical (unpaired) electrons. The molecule has 1 heterocycles. The van der Waals surface area contributed by atoms with Crippen molar-refractivity contribution in [3.05, 3.63) is 52.2 Å². The second kappa shape index (κ2) is 7.89. The number of hydrogen-bond acceptors (Lipinski definition) is 5. The number of benzene rings is 1. The van der Waals surface area contributed by atoms with E-state index in [-0.39, 0.29) is 18.5 Å². The molecule has 5 nitrogen and oxygen atoms in total. The standard InChI is InChI=1S/C17H20N2O3S/c1-12(15-5-4-10-23-15)19(2)11-16(20)18-14-8-6-13(7-9-14)17(21)22-3/h4-10,12H,11H2,1-3H3,(H,18,20). The molecule has 23 heavy (non-hydrogen) atoms. The van der Waals surface area contributed by atoms with Gasteiger partial charge in [0.25, 0.3) is 0 Å². The first-order chi connectivity index (χ1) is 11.0. The van der Waals surface area contributed by atoms with Crippen LogP contribution in [-0.2, 0) is 9.53 Å². The number of methoxy groups -OCH3 is 1. The number of anilines is 1. The summed E-state index contributed by atoms with van der Waals surface area (Å²) >= 11 is 1.68. The molecule has 122 valence electrons. The summed E-state index contributed by atoms with van der Waals surface area (Å²) in [4.78, 5) is 26.7. The Hall–Kier alpha value is -2.18. The molecule has 2 rings (SSSR count). The number of carbonyl (C=O) groups is 2. The summed E-state index contributed by atoms with van der Waals surface area (Å²) in [6.45, 7) is 2.36. The fraction of sp³-hybridized carbons (Fsp3) is 0.294. The Labute approximate surface area is 139 Å². The van der Waals surface area contributed by atoms with Crippen LogP contribution in [0, 0.1) is 0 Å². The quantitative estimate of drug-likeness (QED) is 0.826. The van der Waals surface area contributed by atoms with Crippen LogP contribution in [0.5, 0.6) is 0 Å². The molecule has 0 saturated heterocycles. The molecule has 1 amide bonds. The highest BCUT2D eigenvalue weighted by atomic mass is 32.1. The van der Waals surface area contributed by atoms with E-state index in [1.165, 1.54) is 12.0 Å². The third-order valence-corrected chi connectivity index (χ3v) is 4.64. The van der Waals surface area contributed by atoms with Gasteiger partial charge in [-0.1, -0.05) is 6.07 Å². The Bertz CT molecular complexity index is 653. The minimum atomic E-state index is -0.396. The van der Waals surface area contributed by atoms with E-state index < -0.39 is 5.97 Å². The molecule has 6 heteroatoms. The van der Waals surface area contributed by atoms with Crippen LogP contribution in [0.3, 0.4) is 0 Å². The van der Waals surface area contributed by atoms with E-state index in [1.54, 1.807) is 35.6 Å². The van der Waals surface area contributed by atoms with Crippen molar-refractivity contribution in [3.8, 4) is 0 Å². The van der Waals surface area contributed by atoms with Crippen LogP contribution in [0.4, 0.5) is 5.69 Å². The summed E-state index contributed by atoms with van der Waals surface area (Å²) in [5.41, 5.74) is 1.11. The fourth-order valence-corrected chi connectivity index (χ4v) is 2.97. The summed E-state index contributed by atoms with van der Waals surface area (Å²) in [6, 6.07) is 10.9. The summed E-state index contributed by atoms with van der Waals surface area (Å²) < 4.78 is 4.64. The molecule has 2 aromatic rings. The molecular formula is C17H20N2O3S. The Morgan fingerprint density at radius 1 is 1.26 bits per heavy atom. The minimum Gasteiger partial charge on any atom is -0.465 e. The van der Waals surface area contributed by atoms with E-state index in [2.05, 4.69) is 23.0 Å². The maximum Gasteiger partial charge on any atom is 0.337 e. The zero-order valence-electron chi connectivity index (χ0n) is 13.4. The first-order valence-electron chi connectivity index (χ1n) is 7.23. The number of thiophene rings is 1. The first kappa shape index (κ1) is 17.2. The topological polar surface area (TPSA) is 58.6 Å². The average molecular weight is 332 g/mol. The molecule has 0 fully saturated rings. The SMILES string of the molecule is COC(=O)c1ccc(NC(=O)CN(C)C(C)c2cccs2)cc1. The summed E-state index contributed by atoms with van der Waals surface area (Å²) in [5.74, 6) is -0.492. The number of nitrogens with zero attached hydrogens (tertiary/aromatic N) is 1. The third kappa shape index (κ3) is 4.64. The Balaban J connectivity index is 1.90. The number of hydrogen-bond donors (Lipinski definition) is 1. The van der Waals surface area contributed by atoms with Gasteiger partial charge in [0.05, 0.1) is 19.2 Å². The predicted octanol–water partition coefficient (Wildman–Crippen LogP) is 3.17. The Morgan fingerprint density at radius 2 is 1.96 bits per heavy atom. The van der Waals surface area contributed by atoms with Gasteiger partial charge < -0.3 is 10.1 Å². The van der Waals surface area contributed by atoms with Crippen molar-refractivity contribution < 1.29 is 14.3 Å². The van der Waals surface area contributed by atoms with Crippen LogP contribution in [0.15, 0.2) is 41.8 Å². The summed E-state index contributed by atoms with van der Waals surface area (Å²) in [7, 11) is 3.26. The first-order valence-corrected chi connectivity index (χ1v) is 8.11. The van der Waals surface area contributed by atoms with Crippen molar-refractivity contribution in [2.45, 2.75) is 13.0 Å². The van der Waals surface area contributed by atoms with Crippen LogP contribution >= 0.6 is 11.3 Å². The van der Waals surface area contributed by atoms with E-state index in [0.29, 0.717) is 11.3 Å². The fourth-order valence-electron chi connectivity index (χ4n) is 2.12. The Morgan fingerprint density at radius 3 is 2.52 bits per heavy atom. The van der Waals surface area contributed by atoms with Crippen molar-refractivity contribution >= 4 is 28.9 Å². The summed E-state index contributed by atoms with van der Waals surface area (Å²) in [6.07, 6.45) is 0. The molecule has 0 aliphatic rings. The van der Waals surface area contributed by atoms with E-state index in [4.69, 9.17) is 0 Å². The van der Waals surface area contributed by atoms with Crippen molar-refractivity contribution in [3.63, 3.8) is 0 Å². The van der Waals surface area contributed by atoms with E-state index in [1.807, 2.05) is 23.4 Å². The van der Waals surface area contributed by atoms with E-state index in [9.17, 15) is 9.59 Å². The molecule has 0 aliphatic carbocycles. The zero-order chi connectivity index (χ0) is 16.8. The highest BCUT2D eigenvalue weighted by molar-refractivity contribution is 7.10. The molecule has 0 bridgehead atoms. The van der Waals surface area contributed by atoms with Crippen molar-refractivity contribution in [1.82, 2.24) is 4.90 Å². The lowest BCUT2D eigenvalue weighted by Gasteiger charge is -2.23. The lowest BCUT2D eigenvalue weighted by Crippen LogP contribution is -2.31. The average Bonchev–Trinajstić information content (AvgIpc) is 3.08. The monoisotopic (exact) mass is 332 g/mol. The number of rotatable bonds is 6. The lowest BCUT2D eigenvalue weighted by atomic mass is 10.2. The van der Waals surface area contributed by atoms with Crippen LogP contribution in [0.25, 0.3) is 0 Å². The van der Waals surface area contributed by atoms with Gasteiger partial charge >= 0.3 is 5.97 Å². The molecule has 1 aromatic heterocycles. The number of likely N-dealkylation sites (N-methyl/N-ethyl adjacent to an activating group) is 1. The summed E-state index contributed by atoms with van der Waals surface area (Å²) in [5, 5.41) is 4.86. The number of nitrogens with one attached hydrogen (secondary N) is 1. The van der Waals surface area contributed by atoms with Crippen LogP contribution < -0.4 is 5.32 Å². The van der Waals surface area contributed by atoms with Gasteiger partial charge in [-0.25, -0.2) is 4.79 Å². The molecule has 0 saturated carbocycles. The van der Waals surface area contributed by atoms with Gasteiger partial charge in [-0.15, -0.1) is 11.3 Å². The third-order valence-electron chi connectivity index (χ3n) is 3.60. The zero-order valence-corrected chi connectivity index (χ0v) is 14.2. The maximum atomic E-state index is 12.1. The van der Waals surface area contributed by atoms with Gasteiger partial charge in [-0.2, -0.15) is 0 Å². The normalized spacial score (nSPS) is 12.0. The highest BCUT2D eigenvalue weighted by Crippen LogP contribution is 2.23. The second-order valence-electron chi connectivity index (χ2n) is 5.22. The van der Waals surface area contributed by atoms with E-state index in [0.717, 1.165) is 0 Å². The molecule has 1 aromatic carbocycles. The van der Waals surface area contributed by atoms with Crippen molar-refractivity contribution in [1.29, 1.82) is 0 Å². The van der Waals surface area contributed by atoms with Crippen molar-refractivity contribution in [2.24, 2.45) is 0 Å². The molecule has 1 atom stereocenters. The van der Waals surface area contributed by atoms with Gasteiger partial charge in [-0.3, -0.25) is 9.69 Å². The Kier molecular flexibility index (Phi) is 5.90. The van der Waals surface area contributed by atoms with Gasteiger partial charge in [-0.05, 0) is 49.7 Å².